The lowest BCUT2D eigenvalue weighted by Crippen LogP contribution is -2.25. The molecule has 0 bridgehead atoms. The molecule has 2 aromatic heterocycles. The largest absolute Gasteiger partial charge is 0.468 e. The van der Waals surface area contributed by atoms with Gasteiger partial charge in [0.25, 0.3) is 0 Å². The Kier molecular flexibility index (Phi) is 4.77. The molecule has 0 spiro atoms. The van der Waals surface area contributed by atoms with E-state index in [0.29, 0.717) is 17.4 Å². The van der Waals surface area contributed by atoms with E-state index < -0.39 is 0 Å². The minimum absolute atomic E-state index is 0.202. The quantitative estimate of drug-likeness (QED) is 0.563. The molecule has 0 saturated carbocycles. The van der Waals surface area contributed by atoms with Gasteiger partial charge >= 0.3 is 0 Å². The lowest BCUT2D eigenvalue weighted by molar-refractivity contribution is 0.460. The van der Waals surface area contributed by atoms with Gasteiger partial charge in [-0.05, 0) is 52.4 Å². The second kappa shape index (κ2) is 7.51. The second-order valence-corrected chi connectivity index (χ2v) is 6.17. The van der Waals surface area contributed by atoms with E-state index in [1.165, 1.54) is 0 Å². The minimum Gasteiger partial charge on any atom is -0.468 e. The van der Waals surface area contributed by atoms with Crippen LogP contribution in [0, 0.1) is 0 Å². The Hall–Kier alpha value is -2.96. The highest BCUT2D eigenvalue weighted by molar-refractivity contribution is 6.30. The number of nitrogens with zero attached hydrogens (tertiary/aromatic N) is 4. The van der Waals surface area contributed by atoms with Crippen molar-refractivity contribution < 1.29 is 4.42 Å². The predicted octanol–water partition coefficient (Wildman–Crippen LogP) is 3.79. The lowest BCUT2D eigenvalue weighted by atomic mass is 10.1. The summed E-state index contributed by atoms with van der Waals surface area (Å²) in [7, 11) is 0. The van der Waals surface area contributed by atoms with E-state index in [2.05, 4.69) is 20.8 Å². The van der Waals surface area contributed by atoms with E-state index in [0.717, 1.165) is 17.0 Å². The Morgan fingerprint density at radius 1 is 1.00 bits per heavy atom. The van der Waals surface area contributed by atoms with Gasteiger partial charge in [-0.15, -0.1) is 5.10 Å². The summed E-state index contributed by atoms with van der Waals surface area (Å²) in [5.41, 5.74) is 1.90. The molecule has 0 radical (unpaired) electrons. The summed E-state index contributed by atoms with van der Waals surface area (Å²) in [5.74, 6) is 1.53. The normalized spacial score (nSPS) is 12.2. The van der Waals surface area contributed by atoms with E-state index in [9.17, 15) is 0 Å². The molecule has 6 nitrogen and oxygen atoms in total. The maximum absolute atomic E-state index is 5.99. The summed E-state index contributed by atoms with van der Waals surface area (Å²) in [6, 6.07) is 21.0. The zero-order valence-corrected chi connectivity index (χ0v) is 14.5. The van der Waals surface area contributed by atoms with Crippen LogP contribution in [0.25, 0.3) is 5.69 Å². The number of furan rings is 1. The summed E-state index contributed by atoms with van der Waals surface area (Å²) >= 11 is 5.99. The zero-order chi connectivity index (χ0) is 17.8. The number of benzene rings is 2. The fourth-order valence-corrected chi connectivity index (χ4v) is 2.89. The monoisotopic (exact) mass is 365 g/mol. The number of rotatable bonds is 6. The molecule has 26 heavy (non-hydrogen) atoms. The molecule has 130 valence electrons. The molecule has 1 N–H and O–H groups in total. The summed E-state index contributed by atoms with van der Waals surface area (Å²) in [4.78, 5) is 0. The molecule has 1 atom stereocenters. The Balaban J connectivity index is 1.70. The van der Waals surface area contributed by atoms with Crippen LogP contribution in [-0.2, 0) is 6.54 Å². The summed E-state index contributed by atoms with van der Waals surface area (Å²) < 4.78 is 7.14. The van der Waals surface area contributed by atoms with E-state index in [4.69, 9.17) is 16.0 Å². The third kappa shape index (κ3) is 3.51. The average molecular weight is 366 g/mol. The summed E-state index contributed by atoms with van der Waals surface area (Å²) in [6.07, 6.45) is 1.66. The lowest BCUT2D eigenvalue weighted by Gasteiger charge is -2.18. The first-order chi connectivity index (χ1) is 12.8. The van der Waals surface area contributed by atoms with Gasteiger partial charge in [0.1, 0.15) is 5.76 Å². The van der Waals surface area contributed by atoms with Crippen molar-refractivity contribution >= 4 is 11.6 Å². The second-order valence-electron chi connectivity index (χ2n) is 5.73. The highest BCUT2D eigenvalue weighted by atomic mass is 35.5. The van der Waals surface area contributed by atoms with Crippen LogP contribution in [0.2, 0.25) is 5.02 Å². The molecule has 0 aliphatic carbocycles. The van der Waals surface area contributed by atoms with E-state index in [1.54, 1.807) is 10.9 Å². The number of halogens is 1. The maximum Gasteiger partial charge on any atom is 0.178 e. The van der Waals surface area contributed by atoms with Crippen LogP contribution in [0.4, 0.5) is 0 Å². The Labute approximate surface area is 155 Å². The van der Waals surface area contributed by atoms with Gasteiger partial charge in [0.2, 0.25) is 0 Å². The molecule has 4 rings (SSSR count). The van der Waals surface area contributed by atoms with Crippen molar-refractivity contribution in [3.63, 3.8) is 0 Å². The van der Waals surface area contributed by atoms with Crippen LogP contribution < -0.4 is 5.32 Å². The average Bonchev–Trinajstić information content (AvgIpc) is 3.36. The van der Waals surface area contributed by atoms with E-state index in [1.807, 2.05) is 66.7 Å². The number of hydrogen-bond donors (Lipinski definition) is 1. The molecule has 2 heterocycles. The highest BCUT2D eigenvalue weighted by Gasteiger charge is 2.22. The van der Waals surface area contributed by atoms with Gasteiger partial charge in [0, 0.05) is 5.02 Å². The molecule has 0 fully saturated rings. The molecular weight excluding hydrogens is 350 g/mol. The first-order valence-electron chi connectivity index (χ1n) is 8.16. The molecule has 0 saturated heterocycles. The van der Waals surface area contributed by atoms with Crippen molar-refractivity contribution in [3.8, 4) is 5.69 Å². The van der Waals surface area contributed by atoms with Gasteiger partial charge in [-0.3, -0.25) is 5.32 Å². The smallest absolute Gasteiger partial charge is 0.178 e. The van der Waals surface area contributed by atoms with Gasteiger partial charge < -0.3 is 4.42 Å². The fourth-order valence-electron chi connectivity index (χ4n) is 2.76. The zero-order valence-electron chi connectivity index (χ0n) is 13.8. The molecule has 1 unspecified atom stereocenters. The Bertz CT molecular complexity index is 951. The van der Waals surface area contributed by atoms with Crippen LogP contribution >= 0.6 is 11.6 Å². The van der Waals surface area contributed by atoms with Gasteiger partial charge in [-0.2, -0.15) is 4.68 Å². The molecule has 0 amide bonds. The molecule has 0 aliphatic heterocycles. The van der Waals surface area contributed by atoms with Crippen molar-refractivity contribution in [1.82, 2.24) is 25.5 Å². The number of hydrogen-bond acceptors (Lipinski definition) is 5. The van der Waals surface area contributed by atoms with Crippen LogP contribution in [0.1, 0.15) is 23.2 Å². The predicted molar refractivity (Wildman–Crippen MR) is 98.0 cm³/mol. The van der Waals surface area contributed by atoms with Crippen molar-refractivity contribution in [2.24, 2.45) is 0 Å². The van der Waals surface area contributed by atoms with Gasteiger partial charge in [0.15, 0.2) is 5.82 Å². The maximum atomic E-state index is 5.99. The molecule has 0 aliphatic rings. The Morgan fingerprint density at radius 2 is 1.81 bits per heavy atom. The first-order valence-corrected chi connectivity index (χ1v) is 8.54. The number of tetrazole rings is 1. The third-order valence-corrected chi connectivity index (χ3v) is 4.27. The summed E-state index contributed by atoms with van der Waals surface area (Å²) in [6.45, 7) is 0.556. The minimum atomic E-state index is -0.202. The number of nitrogens with one attached hydrogen (secondary N) is 1. The van der Waals surface area contributed by atoms with Gasteiger partial charge in [0.05, 0.1) is 24.5 Å². The molecule has 2 aromatic carbocycles. The van der Waals surface area contributed by atoms with Gasteiger partial charge in [-0.25, -0.2) is 0 Å². The van der Waals surface area contributed by atoms with E-state index in [-0.39, 0.29) is 6.04 Å². The highest BCUT2D eigenvalue weighted by Crippen LogP contribution is 2.23. The fraction of sp³-hybridized carbons (Fsp3) is 0.105. The van der Waals surface area contributed by atoms with Crippen molar-refractivity contribution in [2.75, 3.05) is 0 Å². The van der Waals surface area contributed by atoms with Crippen LogP contribution in [0.15, 0.2) is 77.4 Å². The SMILES string of the molecule is Clc1ccc(-n2nnnc2C(NCc2ccco2)c2ccccc2)cc1. The van der Waals surface area contributed by atoms with Crippen molar-refractivity contribution in [1.29, 1.82) is 0 Å². The molecular formula is C19H16ClN5O. The van der Waals surface area contributed by atoms with Gasteiger partial charge in [-0.1, -0.05) is 41.9 Å². The van der Waals surface area contributed by atoms with Crippen LogP contribution in [-0.4, -0.2) is 20.2 Å². The third-order valence-electron chi connectivity index (χ3n) is 4.02. The standard InChI is InChI=1S/C19H16ClN5O/c20-15-8-10-16(11-9-15)25-19(22-23-24-25)18(14-5-2-1-3-6-14)21-13-17-7-4-12-26-17/h1-12,18,21H,13H2. The summed E-state index contributed by atoms with van der Waals surface area (Å²) in [5, 5.41) is 16.4. The number of aromatic nitrogens is 4. The van der Waals surface area contributed by atoms with Crippen LogP contribution in [0.5, 0.6) is 0 Å². The Morgan fingerprint density at radius 3 is 2.54 bits per heavy atom. The van der Waals surface area contributed by atoms with E-state index >= 15 is 0 Å². The first kappa shape index (κ1) is 16.5. The molecule has 4 aromatic rings. The topological polar surface area (TPSA) is 68.8 Å². The van der Waals surface area contributed by atoms with Crippen LogP contribution in [0.3, 0.4) is 0 Å². The van der Waals surface area contributed by atoms with Crippen molar-refractivity contribution in [2.45, 2.75) is 12.6 Å². The molecule has 7 heteroatoms. The van der Waals surface area contributed by atoms with Crippen molar-refractivity contribution in [3.05, 3.63) is 95.2 Å².